The highest BCUT2D eigenvalue weighted by Gasteiger charge is 2.46. The lowest BCUT2D eigenvalue weighted by Crippen LogP contribution is -2.47. The van der Waals surface area contributed by atoms with E-state index < -0.39 is 5.41 Å². The first-order chi connectivity index (χ1) is 14.9. The lowest BCUT2D eigenvalue weighted by atomic mass is 9.79. The van der Waals surface area contributed by atoms with Crippen molar-refractivity contribution >= 4 is 23.2 Å². The second-order valence-electron chi connectivity index (χ2n) is 8.53. The fourth-order valence-corrected chi connectivity index (χ4v) is 4.90. The molecule has 1 aromatic carbocycles. The number of carbonyl (C=O) groups is 2. The van der Waals surface area contributed by atoms with Crippen LogP contribution in [0.25, 0.3) is 10.4 Å². The molecule has 7 heteroatoms. The highest BCUT2D eigenvalue weighted by molar-refractivity contribution is 7.13. The zero-order valence-corrected chi connectivity index (χ0v) is 18.8. The van der Waals surface area contributed by atoms with Crippen molar-refractivity contribution in [3.8, 4) is 10.4 Å². The maximum Gasteiger partial charge on any atom is 0.244 e. The van der Waals surface area contributed by atoms with Crippen LogP contribution in [0.5, 0.6) is 0 Å². The van der Waals surface area contributed by atoms with Crippen LogP contribution in [0.4, 0.5) is 0 Å². The van der Waals surface area contributed by atoms with Crippen LogP contribution in [-0.4, -0.2) is 45.6 Å². The molecule has 0 saturated carbocycles. The smallest absolute Gasteiger partial charge is 0.244 e. The third-order valence-corrected chi connectivity index (χ3v) is 6.69. The third kappa shape index (κ3) is 4.88. The van der Waals surface area contributed by atoms with Gasteiger partial charge in [-0.1, -0.05) is 30.3 Å². The largest absolute Gasteiger partial charge is 0.353 e. The normalized spacial score (nSPS) is 18.5. The van der Waals surface area contributed by atoms with Gasteiger partial charge in [0.25, 0.3) is 0 Å². The van der Waals surface area contributed by atoms with E-state index in [9.17, 15) is 9.59 Å². The first-order valence-electron chi connectivity index (χ1n) is 10.6. The summed E-state index contributed by atoms with van der Waals surface area (Å²) in [6.07, 6.45) is 4.71. The highest BCUT2D eigenvalue weighted by Crippen LogP contribution is 2.36. The molecule has 1 fully saturated rings. The molecule has 0 spiro atoms. The van der Waals surface area contributed by atoms with E-state index in [1.807, 2.05) is 24.8 Å². The van der Waals surface area contributed by atoms with E-state index in [0.29, 0.717) is 25.9 Å². The van der Waals surface area contributed by atoms with Crippen LogP contribution in [0.3, 0.4) is 0 Å². The Bertz CT molecular complexity index is 1010. The molecule has 3 heterocycles. The Morgan fingerprint density at radius 2 is 2.00 bits per heavy atom. The summed E-state index contributed by atoms with van der Waals surface area (Å²) in [5.41, 5.74) is 1.68. The van der Waals surface area contributed by atoms with Gasteiger partial charge in [-0.15, -0.1) is 11.3 Å². The molecule has 0 bridgehead atoms. The van der Waals surface area contributed by atoms with E-state index in [4.69, 9.17) is 0 Å². The van der Waals surface area contributed by atoms with Crippen molar-refractivity contribution in [2.75, 3.05) is 13.1 Å². The molecule has 1 atom stereocenters. The average molecular weight is 437 g/mol. The minimum absolute atomic E-state index is 0.00374. The Labute approximate surface area is 186 Å². The van der Waals surface area contributed by atoms with E-state index in [1.54, 1.807) is 34.5 Å². The maximum absolute atomic E-state index is 13.3. The number of likely N-dealkylation sites (tertiary alicyclic amines) is 1. The zero-order chi connectivity index (χ0) is 21.8. The molecule has 162 valence electrons. The van der Waals surface area contributed by atoms with Gasteiger partial charge in [-0.25, -0.2) is 0 Å². The Kier molecular flexibility index (Phi) is 6.23. The third-order valence-electron chi connectivity index (χ3n) is 5.77. The second-order valence-corrected chi connectivity index (χ2v) is 9.48. The number of hydrogen-bond donors (Lipinski definition) is 1. The van der Waals surface area contributed by atoms with Gasteiger partial charge in [0.05, 0.1) is 5.41 Å². The molecule has 1 saturated heterocycles. The van der Waals surface area contributed by atoms with Crippen LogP contribution in [0.1, 0.15) is 25.8 Å². The lowest BCUT2D eigenvalue weighted by molar-refractivity contribution is -0.134. The molecule has 31 heavy (non-hydrogen) atoms. The van der Waals surface area contributed by atoms with Gasteiger partial charge in [0, 0.05) is 36.4 Å². The topological polar surface area (TPSA) is 67.2 Å². The van der Waals surface area contributed by atoms with Crippen molar-refractivity contribution < 1.29 is 9.59 Å². The second kappa shape index (κ2) is 9.06. The van der Waals surface area contributed by atoms with Gasteiger partial charge in [0.2, 0.25) is 11.8 Å². The number of benzene rings is 1. The van der Waals surface area contributed by atoms with Crippen molar-refractivity contribution in [3.05, 3.63) is 65.8 Å². The van der Waals surface area contributed by atoms with E-state index in [1.165, 1.54) is 10.4 Å². The SMILES string of the molecule is CC(C)NC(=O)[C@@]1(Cc2ccc(-c3cccs3)cc2)CCN(C(=O)Cn2cccn2)C1. The van der Waals surface area contributed by atoms with Gasteiger partial charge < -0.3 is 10.2 Å². The minimum atomic E-state index is -0.617. The number of thiophene rings is 1. The molecule has 0 aliphatic carbocycles. The predicted octanol–water partition coefficient (Wildman–Crippen LogP) is 3.60. The summed E-state index contributed by atoms with van der Waals surface area (Å²) in [4.78, 5) is 29.1. The van der Waals surface area contributed by atoms with Gasteiger partial charge in [-0.3, -0.25) is 14.3 Å². The molecule has 4 rings (SSSR count). The standard InChI is InChI=1S/C24H28N4O2S/c1-18(2)26-23(30)24(10-13-27(17-24)22(29)16-28-12-4-11-25-28)15-19-6-8-20(9-7-19)21-5-3-14-31-21/h3-9,11-12,14,18H,10,13,15-17H2,1-2H3,(H,26,30)/t24-/m1/s1. The average Bonchev–Trinajstić information content (AvgIpc) is 3.51. The Hall–Kier alpha value is -2.93. The fourth-order valence-electron chi connectivity index (χ4n) is 4.16. The predicted molar refractivity (Wildman–Crippen MR) is 123 cm³/mol. The lowest BCUT2D eigenvalue weighted by Gasteiger charge is -2.29. The van der Waals surface area contributed by atoms with Gasteiger partial charge in [0.15, 0.2) is 0 Å². The fraction of sp³-hybridized carbons (Fsp3) is 0.375. The van der Waals surface area contributed by atoms with E-state index in [0.717, 1.165) is 5.56 Å². The molecule has 0 radical (unpaired) electrons. The van der Waals surface area contributed by atoms with Crippen molar-refractivity contribution in [1.82, 2.24) is 20.0 Å². The molecule has 1 aliphatic rings. The Balaban J connectivity index is 1.51. The van der Waals surface area contributed by atoms with Gasteiger partial charge >= 0.3 is 0 Å². The van der Waals surface area contributed by atoms with Crippen molar-refractivity contribution in [3.63, 3.8) is 0 Å². The summed E-state index contributed by atoms with van der Waals surface area (Å²) in [5.74, 6) is 0.0233. The van der Waals surface area contributed by atoms with E-state index >= 15 is 0 Å². The first-order valence-corrected chi connectivity index (χ1v) is 11.5. The van der Waals surface area contributed by atoms with Gasteiger partial charge in [-0.2, -0.15) is 5.10 Å². The number of hydrogen-bond acceptors (Lipinski definition) is 4. The highest BCUT2D eigenvalue weighted by atomic mass is 32.1. The molecule has 2 aromatic heterocycles. The zero-order valence-electron chi connectivity index (χ0n) is 18.0. The van der Waals surface area contributed by atoms with Crippen LogP contribution >= 0.6 is 11.3 Å². The van der Waals surface area contributed by atoms with Crippen molar-refractivity contribution in [2.24, 2.45) is 5.41 Å². The molecule has 1 aliphatic heterocycles. The molecule has 1 N–H and O–H groups in total. The minimum Gasteiger partial charge on any atom is -0.353 e. The van der Waals surface area contributed by atoms with Crippen molar-refractivity contribution in [2.45, 2.75) is 39.3 Å². The van der Waals surface area contributed by atoms with E-state index in [2.05, 4.69) is 46.1 Å². The van der Waals surface area contributed by atoms with Crippen LogP contribution in [0.15, 0.2) is 60.2 Å². The Morgan fingerprint density at radius 3 is 2.65 bits per heavy atom. The number of nitrogens with one attached hydrogen (secondary N) is 1. The van der Waals surface area contributed by atoms with Gasteiger partial charge in [0.1, 0.15) is 6.54 Å². The summed E-state index contributed by atoms with van der Waals surface area (Å²) in [7, 11) is 0. The summed E-state index contributed by atoms with van der Waals surface area (Å²) in [5, 5.41) is 9.29. The van der Waals surface area contributed by atoms with Gasteiger partial charge in [-0.05, 0) is 55.3 Å². The number of carbonyl (C=O) groups excluding carboxylic acids is 2. The molecule has 0 unspecified atom stereocenters. The van der Waals surface area contributed by atoms with E-state index in [-0.39, 0.29) is 24.4 Å². The quantitative estimate of drug-likeness (QED) is 0.615. The molecule has 2 amide bonds. The van der Waals surface area contributed by atoms with Crippen molar-refractivity contribution in [1.29, 1.82) is 0 Å². The number of rotatable bonds is 7. The molecule has 6 nitrogen and oxygen atoms in total. The van der Waals surface area contributed by atoms with Crippen LogP contribution < -0.4 is 5.32 Å². The van der Waals surface area contributed by atoms with Crippen LogP contribution in [0, 0.1) is 5.41 Å². The summed E-state index contributed by atoms with van der Waals surface area (Å²) in [6, 6.07) is 14.5. The summed E-state index contributed by atoms with van der Waals surface area (Å²) >= 11 is 1.72. The molecule has 3 aromatic rings. The Morgan fingerprint density at radius 1 is 1.19 bits per heavy atom. The summed E-state index contributed by atoms with van der Waals surface area (Å²) in [6.45, 7) is 5.15. The number of amides is 2. The number of aromatic nitrogens is 2. The van der Waals surface area contributed by atoms with Crippen LogP contribution in [0.2, 0.25) is 0 Å². The molecular weight excluding hydrogens is 408 g/mol. The van der Waals surface area contributed by atoms with Crippen LogP contribution in [-0.2, 0) is 22.6 Å². The maximum atomic E-state index is 13.3. The molecular formula is C24H28N4O2S. The first kappa shape index (κ1) is 21.3. The summed E-state index contributed by atoms with van der Waals surface area (Å²) < 4.78 is 1.62. The monoisotopic (exact) mass is 436 g/mol. The number of nitrogens with zero attached hydrogens (tertiary/aromatic N) is 3.